The first kappa shape index (κ1) is 19.0. The average molecular weight is 407 g/mol. The minimum Gasteiger partial charge on any atom is -0.449 e. The number of carbonyl (C=O) groups is 1. The van der Waals surface area contributed by atoms with Crippen molar-refractivity contribution in [2.75, 3.05) is 18.9 Å². The van der Waals surface area contributed by atoms with Gasteiger partial charge in [-0.2, -0.15) is 0 Å². The number of benzene rings is 2. The summed E-state index contributed by atoms with van der Waals surface area (Å²) in [5, 5.41) is 2.90. The second-order valence-electron chi connectivity index (χ2n) is 6.58. The van der Waals surface area contributed by atoms with Crippen LogP contribution < -0.4 is 11.1 Å². The Morgan fingerprint density at radius 1 is 1.14 bits per heavy atom. The van der Waals surface area contributed by atoms with Crippen LogP contribution in [0.2, 0.25) is 5.15 Å². The number of nitrogens with one attached hydrogen (secondary N) is 1. The first-order valence-electron chi connectivity index (χ1n) is 9.17. The molecule has 3 aromatic rings. The van der Waals surface area contributed by atoms with Crippen molar-refractivity contribution in [3.8, 4) is 11.1 Å². The van der Waals surface area contributed by atoms with E-state index >= 15 is 0 Å². The minimum absolute atomic E-state index is 0.0348. The van der Waals surface area contributed by atoms with Gasteiger partial charge >= 0.3 is 6.09 Å². The maximum atomic E-state index is 12.1. The summed E-state index contributed by atoms with van der Waals surface area (Å²) in [5.41, 5.74) is 10.7. The van der Waals surface area contributed by atoms with Crippen molar-refractivity contribution in [2.45, 2.75) is 5.92 Å². The van der Waals surface area contributed by atoms with E-state index in [1.165, 1.54) is 28.5 Å². The van der Waals surface area contributed by atoms with Crippen molar-refractivity contribution >= 4 is 29.6 Å². The predicted octanol–water partition coefficient (Wildman–Crippen LogP) is 4.26. The summed E-state index contributed by atoms with van der Waals surface area (Å²) in [4.78, 5) is 20.1. The third-order valence-corrected chi connectivity index (χ3v) is 5.04. The summed E-state index contributed by atoms with van der Waals surface area (Å²) >= 11 is 5.96. The molecule has 0 unspecified atom stereocenters. The van der Waals surface area contributed by atoms with Crippen molar-refractivity contribution in [1.29, 1.82) is 0 Å². The van der Waals surface area contributed by atoms with Crippen LogP contribution >= 0.6 is 11.6 Å². The van der Waals surface area contributed by atoms with E-state index in [9.17, 15) is 4.79 Å². The lowest BCUT2D eigenvalue weighted by molar-refractivity contribution is 0.144. The Morgan fingerprint density at radius 2 is 1.79 bits per heavy atom. The molecule has 0 atom stereocenters. The average Bonchev–Trinajstić information content (AvgIpc) is 3.05. The molecule has 146 valence electrons. The number of nitrogen functional groups attached to an aromatic ring is 1. The van der Waals surface area contributed by atoms with E-state index in [1.807, 2.05) is 24.3 Å². The molecule has 0 aliphatic heterocycles. The van der Waals surface area contributed by atoms with Gasteiger partial charge in [-0.25, -0.2) is 14.8 Å². The molecular formula is C22H19ClN4O2. The molecule has 0 radical (unpaired) electrons. The maximum absolute atomic E-state index is 12.1. The highest BCUT2D eigenvalue weighted by Crippen LogP contribution is 2.44. The lowest BCUT2D eigenvalue weighted by atomic mass is 9.98. The molecule has 1 aliphatic carbocycles. The molecule has 0 bridgehead atoms. The van der Waals surface area contributed by atoms with E-state index in [-0.39, 0.29) is 30.0 Å². The van der Waals surface area contributed by atoms with E-state index in [4.69, 9.17) is 22.1 Å². The molecule has 1 aliphatic rings. The van der Waals surface area contributed by atoms with E-state index in [0.29, 0.717) is 5.69 Å². The topological polar surface area (TPSA) is 90.1 Å². The normalized spacial score (nSPS) is 12.6. The zero-order chi connectivity index (χ0) is 20.2. The first-order chi connectivity index (χ1) is 14.1. The third-order valence-electron chi connectivity index (χ3n) is 4.76. The Balaban J connectivity index is 1.34. The van der Waals surface area contributed by atoms with Crippen LogP contribution in [-0.4, -0.2) is 29.2 Å². The molecule has 0 fully saturated rings. The van der Waals surface area contributed by atoms with Crippen LogP contribution in [0, 0.1) is 0 Å². The molecule has 1 aromatic heterocycles. The van der Waals surface area contributed by atoms with Gasteiger partial charge in [-0.3, -0.25) is 0 Å². The molecule has 29 heavy (non-hydrogen) atoms. The number of hydrogen-bond acceptors (Lipinski definition) is 5. The van der Waals surface area contributed by atoms with Gasteiger partial charge in [-0.1, -0.05) is 66.2 Å². The molecule has 2 aromatic carbocycles. The number of fused-ring (bicyclic) bond motifs is 3. The van der Waals surface area contributed by atoms with Crippen LogP contribution in [0.1, 0.15) is 22.7 Å². The van der Waals surface area contributed by atoms with Crippen molar-refractivity contribution < 1.29 is 9.53 Å². The zero-order valence-corrected chi connectivity index (χ0v) is 16.3. The number of rotatable bonds is 5. The second kappa shape index (κ2) is 8.32. The number of amides is 1. The van der Waals surface area contributed by atoms with Crippen molar-refractivity contribution in [3.63, 3.8) is 0 Å². The first-order valence-corrected chi connectivity index (χ1v) is 9.54. The Morgan fingerprint density at radius 3 is 2.45 bits per heavy atom. The highest BCUT2D eigenvalue weighted by molar-refractivity contribution is 6.30. The number of hydrogen-bond donors (Lipinski definition) is 2. The molecule has 0 spiro atoms. The Labute approximate surface area is 173 Å². The highest BCUT2D eigenvalue weighted by atomic mass is 35.5. The van der Waals surface area contributed by atoms with Gasteiger partial charge < -0.3 is 15.8 Å². The Bertz CT molecular complexity index is 1040. The van der Waals surface area contributed by atoms with Gasteiger partial charge in [0, 0.05) is 12.5 Å². The Kier molecular flexibility index (Phi) is 5.44. The second-order valence-corrected chi connectivity index (χ2v) is 6.94. The monoisotopic (exact) mass is 406 g/mol. The summed E-state index contributed by atoms with van der Waals surface area (Å²) in [5.74, 6) is 0.288. The fourth-order valence-corrected chi connectivity index (χ4v) is 3.67. The fourth-order valence-electron chi connectivity index (χ4n) is 3.46. The van der Waals surface area contributed by atoms with Gasteiger partial charge in [0.25, 0.3) is 0 Å². The van der Waals surface area contributed by atoms with Crippen molar-refractivity contribution in [1.82, 2.24) is 15.3 Å². The highest BCUT2D eigenvalue weighted by Gasteiger charge is 2.28. The number of alkyl carbamates (subject to hydrolysis) is 1. The lowest BCUT2D eigenvalue weighted by Gasteiger charge is -2.14. The number of nitrogens with zero attached hydrogens (tertiary/aromatic N) is 2. The number of ether oxygens (including phenoxy) is 1. The molecule has 1 heterocycles. The van der Waals surface area contributed by atoms with Crippen LogP contribution in [0.4, 0.5) is 10.6 Å². The molecule has 0 saturated carbocycles. The number of aromatic nitrogens is 2. The molecule has 4 rings (SSSR count). The van der Waals surface area contributed by atoms with Crippen LogP contribution in [0.15, 0.2) is 60.8 Å². The van der Waals surface area contributed by atoms with E-state index in [0.717, 1.165) is 0 Å². The van der Waals surface area contributed by atoms with E-state index in [1.54, 1.807) is 12.2 Å². The molecule has 6 nitrogen and oxygen atoms in total. The van der Waals surface area contributed by atoms with Gasteiger partial charge in [0.05, 0.1) is 6.20 Å². The SMILES string of the molecule is Nc1cnc(C=CCNC(=O)OCC2c3ccccc3-c3ccccc32)c(Cl)n1. The number of halogens is 1. The molecule has 0 saturated heterocycles. The van der Waals surface area contributed by atoms with Gasteiger partial charge in [0.1, 0.15) is 18.1 Å². The van der Waals surface area contributed by atoms with E-state index in [2.05, 4.69) is 39.6 Å². The van der Waals surface area contributed by atoms with Crippen LogP contribution in [-0.2, 0) is 4.74 Å². The standard InChI is InChI=1S/C22H19ClN4O2/c23-21-19(26-12-20(24)27-21)10-5-11-25-22(28)29-13-18-16-8-3-1-6-14(16)15-7-2-4-9-17(15)18/h1-10,12,18H,11,13H2,(H2,24,27)(H,25,28). The van der Waals surface area contributed by atoms with Crippen molar-refractivity contribution in [3.05, 3.63) is 82.8 Å². The van der Waals surface area contributed by atoms with Crippen LogP contribution in [0.3, 0.4) is 0 Å². The number of nitrogens with two attached hydrogens (primary N) is 1. The largest absolute Gasteiger partial charge is 0.449 e. The minimum atomic E-state index is -0.481. The van der Waals surface area contributed by atoms with Gasteiger partial charge in [0.15, 0.2) is 5.15 Å². The molecule has 7 heteroatoms. The molecule has 1 amide bonds. The smallest absolute Gasteiger partial charge is 0.407 e. The maximum Gasteiger partial charge on any atom is 0.407 e. The fraction of sp³-hybridized carbons (Fsp3) is 0.136. The van der Waals surface area contributed by atoms with Gasteiger partial charge in [-0.15, -0.1) is 0 Å². The van der Waals surface area contributed by atoms with E-state index < -0.39 is 6.09 Å². The molecular weight excluding hydrogens is 388 g/mol. The van der Waals surface area contributed by atoms with Crippen LogP contribution in [0.5, 0.6) is 0 Å². The summed E-state index contributed by atoms with van der Waals surface area (Å²) in [6, 6.07) is 16.4. The van der Waals surface area contributed by atoms with Gasteiger partial charge in [-0.05, 0) is 28.3 Å². The summed E-state index contributed by atoms with van der Waals surface area (Å²) in [6.07, 6.45) is 4.32. The summed E-state index contributed by atoms with van der Waals surface area (Å²) in [7, 11) is 0. The number of carbonyl (C=O) groups excluding carboxylic acids is 1. The summed E-state index contributed by atoms with van der Waals surface area (Å²) < 4.78 is 5.48. The third kappa shape index (κ3) is 4.07. The Hall–Kier alpha value is -3.38. The van der Waals surface area contributed by atoms with Crippen molar-refractivity contribution in [2.24, 2.45) is 0 Å². The quantitative estimate of drug-likeness (QED) is 0.660. The zero-order valence-electron chi connectivity index (χ0n) is 15.5. The number of anilines is 1. The summed E-state index contributed by atoms with van der Waals surface area (Å²) in [6.45, 7) is 0.553. The predicted molar refractivity (Wildman–Crippen MR) is 114 cm³/mol. The van der Waals surface area contributed by atoms with Crippen LogP contribution in [0.25, 0.3) is 17.2 Å². The lowest BCUT2D eigenvalue weighted by Crippen LogP contribution is -2.26. The molecule has 3 N–H and O–H groups in total. The van der Waals surface area contributed by atoms with Gasteiger partial charge in [0.2, 0.25) is 0 Å².